The fourth-order valence-corrected chi connectivity index (χ4v) is 4.38. The Hall–Kier alpha value is -1.85. The Labute approximate surface area is 175 Å². The summed E-state index contributed by atoms with van der Waals surface area (Å²) in [6, 6.07) is 16.3. The number of carbonyl (C=O) groups excluding carboxylic acids is 1. The zero-order valence-electron chi connectivity index (χ0n) is 16.6. The normalized spacial score (nSPS) is 28.0. The smallest absolute Gasteiger partial charge is 0.411 e. The summed E-state index contributed by atoms with van der Waals surface area (Å²) < 4.78 is 12.9. The molecule has 5 heteroatoms. The number of hydrogen-bond donors (Lipinski definition) is 0. The lowest BCUT2D eigenvalue weighted by molar-refractivity contribution is -0.0750. The molecule has 2 aliphatic heterocycles. The maximum Gasteiger partial charge on any atom is 0.411 e. The van der Waals surface area contributed by atoms with Crippen molar-refractivity contribution in [2.24, 2.45) is 0 Å². The van der Waals surface area contributed by atoms with Gasteiger partial charge in [-0.15, -0.1) is 0 Å². The van der Waals surface area contributed by atoms with Gasteiger partial charge in [0.25, 0.3) is 0 Å². The molecule has 2 aliphatic rings. The van der Waals surface area contributed by atoms with E-state index in [1.54, 1.807) is 0 Å². The molecule has 0 saturated carbocycles. The number of aryl methyl sites for hydroxylation is 1. The summed E-state index contributed by atoms with van der Waals surface area (Å²) >= 11 is 3.54. The molecule has 3 atom stereocenters. The van der Waals surface area contributed by atoms with Gasteiger partial charge >= 0.3 is 6.09 Å². The van der Waals surface area contributed by atoms with Crippen molar-refractivity contribution in [1.82, 2.24) is 4.90 Å². The molecule has 0 aliphatic carbocycles. The van der Waals surface area contributed by atoms with Gasteiger partial charge in [0.1, 0.15) is 5.60 Å². The Kier molecular flexibility index (Phi) is 5.00. The van der Waals surface area contributed by atoms with Gasteiger partial charge in [0.2, 0.25) is 0 Å². The molecule has 0 radical (unpaired) electrons. The van der Waals surface area contributed by atoms with Crippen LogP contribution in [0, 0.1) is 6.92 Å². The van der Waals surface area contributed by atoms with Crippen LogP contribution in [0.4, 0.5) is 4.79 Å². The van der Waals surface area contributed by atoms with Crippen LogP contribution < -0.4 is 0 Å². The van der Waals surface area contributed by atoms with Crippen molar-refractivity contribution >= 4 is 22.0 Å². The quantitative estimate of drug-likeness (QED) is 0.553. The van der Waals surface area contributed by atoms with Crippen molar-refractivity contribution < 1.29 is 14.3 Å². The molecule has 28 heavy (non-hydrogen) atoms. The highest BCUT2D eigenvalue weighted by atomic mass is 79.9. The highest BCUT2D eigenvalue weighted by molar-refractivity contribution is 9.10. The minimum absolute atomic E-state index is 0.0409. The standard InChI is InChI=1S/C23H26BrNO3/c1-16-13-18(9-10-20(16)24)17(2)25-12-11-23(28-21(25)26,14-22(3)15-27-22)19-7-5-4-6-8-19/h4-10,13,17H,11-12,14-15H2,1-3H3/t17?,22-,23-/m0/s1. The fourth-order valence-electron chi connectivity index (χ4n) is 4.13. The number of nitrogens with zero attached hydrogens (tertiary/aromatic N) is 1. The van der Waals surface area contributed by atoms with Crippen LogP contribution in [0.3, 0.4) is 0 Å². The molecule has 2 aromatic rings. The van der Waals surface area contributed by atoms with Gasteiger partial charge in [0, 0.05) is 23.9 Å². The van der Waals surface area contributed by atoms with Gasteiger partial charge in [0.05, 0.1) is 18.2 Å². The van der Waals surface area contributed by atoms with E-state index in [4.69, 9.17) is 9.47 Å². The molecule has 1 unspecified atom stereocenters. The average Bonchev–Trinajstić information content (AvgIpc) is 3.40. The van der Waals surface area contributed by atoms with Crippen molar-refractivity contribution in [3.8, 4) is 0 Å². The van der Waals surface area contributed by atoms with Gasteiger partial charge < -0.3 is 14.4 Å². The first kappa shape index (κ1) is 19.5. The number of epoxide rings is 1. The van der Waals surface area contributed by atoms with E-state index in [-0.39, 0.29) is 17.7 Å². The third-order valence-corrected chi connectivity index (χ3v) is 6.89. The number of cyclic esters (lactones) is 1. The van der Waals surface area contributed by atoms with E-state index in [0.29, 0.717) is 13.0 Å². The molecule has 1 amide bonds. The van der Waals surface area contributed by atoms with Gasteiger partial charge in [0.15, 0.2) is 0 Å². The van der Waals surface area contributed by atoms with Crippen LogP contribution in [0.25, 0.3) is 0 Å². The van der Waals surface area contributed by atoms with Crippen molar-refractivity contribution in [3.05, 3.63) is 69.7 Å². The van der Waals surface area contributed by atoms with Gasteiger partial charge in [-0.2, -0.15) is 0 Å². The lowest BCUT2D eigenvalue weighted by Crippen LogP contribution is -2.50. The minimum atomic E-state index is -0.630. The van der Waals surface area contributed by atoms with E-state index in [9.17, 15) is 4.79 Å². The van der Waals surface area contributed by atoms with E-state index in [2.05, 4.69) is 61.0 Å². The molecule has 0 bridgehead atoms. The maximum atomic E-state index is 13.1. The first-order valence-electron chi connectivity index (χ1n) is 9.77. The predicted octanol–water partition coefficient (Wildman–Crippen LogP) is 5.74. The van der Waals surface area contributed by atoms with Gasteiger partial charge in [-0.3, -0.25) is 0 Å². The van der Waals surface area contributed by atoms with E-state index in [0.717, 1.165) is 34.2 Å². The molecule has 2 fully saturated rings. The Balaban J connectivity index is 1.58. The van der Waals surface area contributed by atoms with Crippen molar-refractivity contribution in [2.45, 2.75) is 50.9 Å². The second kappa shape index (κ2) is 7.20. The molecule has 0 spiro atoms. The first-order valence-corrected chi connectivity index (χ1v) is 10.6. The number of ether oxygens (including phenoxy) is 2. The highest BCUT2D eigenvalue weighted by Crippen LogP contribution is 2.46. The fraction of sp³-hybridized carbons (Fsp3) is 0.435. The third kappa shape index (κ3) is 3.70. The zero-order valence-corrected chi connectivity index (χ0v) is 18.2. The number of hydrogen-bond acceptors (Lipinski definition) is 3. The molecule has 0 aromatic heterocycles. The van der Waals surface area contributed by atoms with Crippen molar-refractivity contribution in [3.63, 3.8) is 0 Å². The van der Waals surface area contributed by atoms with Gasteiger partial charge in [-0.1, -0.05) is 58.4 Å². The van der Waals surface area contributed by atoms with Crippen LogP contribution >= 0.6 is 15.9 Å². The molecule has 0 N–H and O–H groups in total. The van der Waals surface area contributed by atoms with E-state index >= 15 is 0 Å². The van der Waals surface area contributed by atoms with E-state index in [1.807, 2.05) is 29.2 Å². The number of rotatable bonds is 5. The second-order valence-electron chi connectivity index (χ2n) is 8.27. The lowest BCUT2D eigenvalue weighted by atomic mass is 9.81. The minimum Gasteiger partial charge on any atom is -0.438 e. The maximum absolute atomic E-state index is 13.1. The summed E-state index contributed by atoms with van der Waals surface area (Å²) in [7, 11) is 0. The Morgan fingerprint density at radius 1 is 1.21 bits per heavy atom. The van der Waals surface area contributed by atoms with Crippen molar-refractivity contribution in [2.75, 3.05) is 13.2 Å². The summed E-state index contributed by atoms with van der Waals surface area (Å²) in [6.07, 6.45) is 1.18. The highest BCUT2D eigenvalue weighted by Gasteiger charge is 2.52. The SMILES string of the molecule is Cc1cc(C(C)N2CC[C@](C[C@@]3(C)CO3)(c3ccccc3)OC2=O)ccc1Br. The lowest BCUT2D eigenvalue weighted by Gasteiger charge is -2.44. The first-order chi connectivity index (χ1) is 13.3. The Morgan fingerprint density at radius 3 is 2.54 bits per heavy atom. The summed E-state index contributed by atoms with van der Waals surface area (Å²) in [5.74, 6) is 0. The van der Waals surface area contributed by atoms with Crippen LogP contribution in [-0.4, -0.2) is 29.7 Å². The molecule has 4 rings (SSSR count). The Morgan fingerprint density at radius 2 is 1.93 bits per heavy atom. The van der Waals surface area contributed by atoms with E-state index < -0.39 is 5.60 Å². The molecular weight excluding hydrogens is 418 g/mol. The molecule has 2 saturated heterocycles. The summed E-state index contributed by atoms with van der Waals surface area (Å²) in [4.78, 5) is 14.9. The molecule has 2 heterocycles. The number of amides is 1. The van der Waals surface area contributed by atoms with Crippen molar-refractivity contribution in [1.29, 1.82) is 0 Å². The van der Waals surface area contributed by atoms with Crippen LogP contribution in [0.2, 0.25) is 0 Å². The number of benzene rings is 2. The zero-order chi connectivity index (χ0) is 19.9. The van der Waals surface area contributed by atoms with Crippen LogP contribution in [0.5, 0.6) is 0 Å². The molecule has 2 aromatic carbocycles. The average molecular weight is 444 g/mol. The molecule has 4 nitrogen and oxygen atoms in total. The van der Waals surface area contributed by atoms with Crippen LogP contribution in [0.1, 0.15) is 49.4 Å². The van der Waals surface area contributed by atoms with Gasteiger partial charge in [-0.25, -0.2) is 4.79 Å². The summed E-state index contributed by atoms with van der Waals surface area (Å²) in [6.45, 7) is 7.58. The van der Waals surface area contributed by atoms with E-state index in [1.165, 1.54) is 0 Å². The monoisotopic (exact) mass is 443 g/mol. The molecule has 148 valence electrons. The number of carbonyl (C=O) groups is 1. The molecular formula is C23H26BrNO3. The third-order valence-electron chi connectivity index (χ3n) is 6.00. The summed E-state index contributed by atoms with van der Waals surface area (Å²) in [5.41, 5.74) is 2.49. The number of halogens is 1. The van der Waals surface area contributed by atoms with Gasteiger partial charge in [-0.05, 0) is 43.5 Å². The Bertz CT molecular complexity index is 881. The second-order valence-corrected chi connectivity index (χ2v) is 9.13. The summed E-state index contributed by atoms with van der Waals surface area (Å²) in [5, 5.41) is 0. The topological polar surface area (TPSA) is 42.1 Å². The largest absolute Gasteiger partial charge is 0.438 e. The van der Waals surface area contributed by atoms with Crippen LogP contribution in [0.15, 0.2) is 53.0 Å². The van der Waals surface area contributed by atoms with Crippen LogP contribution in [-0.2, 0) is 15.1 Å². The predicted molar refractivity (Wildman–Crippen MR) is 112 cm³/mol.